The van der Waals surface area contributed by atoms with E-state index in [9.17, 15) is 18.0 Å². The third-order valence-electron chi connectivity index (χ3n) is 4.02. The third kappa shape index (κ3) is 4.85. The summed E-state index contributed by atoms with van der Waals surface area (Å²) in [5.41, 5.74) is 2.06. The molecule has 0 radical (unpaired) electrons. The maximum Gasteiger partial charge on any atom is 0.338 e. The number of rotatable bonds is 6. The van der Waals surface area contributed by atoms with Crippen molar-refractivity contribution in [3.05, 3.63) is 59.2 Å². The highest BCUT2D eigenvalue weighted by Gasteiger charge is 2.19. The Labute approximate surface area is 159 Å². The van der Waals surface area contributed by atoms with Crippen LogP contribution in [-0.2, 0) is 14.8 Å². The first-order valence-electron chi connectivity index (χ1n) is 8.27. The molecular weight excluding hydrogens is 368 g/mol. The smallest absolute Gasteiger partial charge is 0.338 e. The van der Waals surface area contributed by atoms with Crippen LogP contribution in [0.2, 0.25) is 0 Å². The number of hydrogen-bond acceptors (Lipinski definition) is 5. The molecule has 0 unspecified atom stereocenters. The molecule has 0 bridgehead atoms. The molecule has 144 valence electrons. The monoisotopic (exact) mass is 390 g/mol. The fourth-order valence-electron chi connectivity index (χ4n) is 2.53. The zero-order chi connectivity index (χ0) is 20.2. The quantitative estimate of drug-likeness (QED) is 0.766. The molecule has 0 saturated heterocycles. The summed E-state index contributed by atoms with van der Waals surface area (Å²) in [5.74, 6) is -0.876. The van der Waals surface area contributed by atoms with Crippen LogP contribution in [-0.4, -0.2) is 40.2 Å². The van der Waals surface area contributed by atoms with Gasteiger partial charge in [-0.1, -0.05) is 12.1 Å². The maximum atomic E-state index is 12.7. The minimum Gasteiger partial charge on any atom is -0.462 e. The number of esters is 1. The molecule has 0 fully saturated rings. The average Bonchev–Trinajstić information content (AvgIpc) is 2.61. The van der Waals surface area contributed by atoms with Crippen molar-refractivity contribution in [2.24, 2.45) is 0 Å². The topological polar surface area (TPSA) is 92.8 Å². The standard InChI is InChI=1S/C19H22N2O5S/c1-5-26-19(23)14-8-6-9-15(12-14)20-18(22)16-10-7-11-17(13(16)2)21(3)27(4,24)25/h6-12H,5H2,1-4H3,(H,20,22). The largest absolute Gasteiger partial charge is 0.462 e. The normalized spacial score (nSPS) is 11.0. The highest BCUT2D eigenvalue weighted by Crippen LogP contribution is 2.25. The lowest BCUT2D eigenvalue weighted by Crippen LogP contribution is -2.26. The zero-order valence-electron chi connectivity index (χ0n) is 15.6. The van der Waals surface area contributed by atoms with E-state index in [1.54, 1.807) is 50.2 Å². The number of carbonyl (C=O) groups excluding carboxylic acids is 2. The molecule has 1 amide bonds. The van der Waals surface area contributed by atoms with E-state index in [0.717, 1.165) is 10.6 Å². The molecule has 2 aromatic carbocycles. The van der Waals surface area contributed by atoms with Crippen molar-refractivity contribution in [1.29, 1.82) is 0 Å². The van der Waals surface area contributed by atoms with Crippen LogP contribution < -0.4 is 9.62 Å². The van der Waals surface area contributed by atoms with Crippen LogP contribution in [0.3, 0.4) is 0 Å². The van der Waals surface area contributed by atoms with Crippen molar-refractivity contribution in [2.75, 3.05) is 29.5 Å². The van der Waals surface area contributed by atoms with E-state index in [1.807, 2.05) is 0 Å². The lowest BCUT2D eigenvalue weighted by atomic mass is 10.1. The van der Waals surface area contributed by atoms with Gasteiger partial charge in [0, 0.05) is 18.3 Å². The molecule has 0 heterocycles. The van der Waals surface area contributed by atoms with Crippen LogP contribution in [0, 0.1) is 6.92 Å². The van der Waals surface area contributed by atoms with E-state index in [1.165, 1.54) is 13.1 Å². The van der Waals surface area contributed by atoms with E-state index in [-0.39, 0.29) is 6.61 Å². The minimum absolute atomic E-state index is 0.259. The molecule has 0 aliphatic heterocycles. The highest BCUT2D eigenvalue weighted by molar-refractivity contribution is 7.92. The Morgan fingerprint density at radius 1 is 1.15 bits per heavy atom. The van der Waals surface area contributed by atoms with E-state index in [0.29, 0.717) is 28.1 Å². The lowest BCUT2D eigenvalue weighted by molar-refractivity contribution is 0.0526. The van der Waals surface area contributed by atoms with Crippen molar-refractivity contribution < 1.29 is 22.7 Å². The predicted octanol–water partition coefficient (Wildman–Crippen LogP) is 2.82. The van der Waals surface area contributed by atoms with Gasteiger partial charge in [0.15, 0.2) is 0 Å². The molecule has 7 nitrogen and oxygen atoms in total. The Morgan fingerprint density at radius 2 is 1.81 bits per heavy atom. The van der Waals surface area contributed by atoms with Crippen LogP contribution >= 0.6 is 0 Å². The number of sulfonamides is 1. The van der Waals surface area contributed by atoms with Gasteiger partial charge in [-0.15, -0.1) is 0 Å². The second-order valence-electron chi connectivity index (χ2n) is 5.94. The number of nitrogens with one attached hydrogen (secondary N) is 1. The van der Waals surface area contributed by atoms with E-state index < -0.39 is 21.9 Å². The summed E-state index contributed by atoms with van der Waals surface area (Å²) in [6.07, 6.45) is 1.10. The minimum atomic E-state index is -3.45. The Balaban J connectivity index is 2.30. The van der Waals surface area contributed by atoms with Gasteiger partial charge in [0.1, 0.15) is 0 Å². The molecular formula is C19H22N2O5S. The molecule has 0 saturated carbocycles. The van der Waals surface area contributed by atoms with Crippen molar-refractivity contribution in [1.82, 2.24) is 0 Å². The SMILES string of the molecule is CCOC(=O)c1cccc(NC(=O)c2cccc(N(C)S(C)(=O)=O)c2C)c1. The van der Waals surface area contributed by atoms with Gasteiger partial charge in [-0.05, 0) is 49.7 Å². The molecule has 27 heavy (non-hydrogen) atoms. The summed E-state index contributed by atoms with van der Waals surface area (Å²) < 4.78 is 29.7. The lowest BCUT2D eigenvalue weighted by Gasteiger charge is -2.20. The molecule has 0 aliphatic carbocycles. The van der Waals surface area contributed by atoms with Gasteiger partial charge in [-0.25, -0.2) is 13.2 Å². The van der Waals surface area contributed by atoms with Gasteiger partial charge in [-0.2, -0.15) is 0 Å². The molecule has 1 N–H and O–H groups in total. The molecule has 8 heteroatoms. The third-order valence-corrected chi connectivity index (χ3v) is 5.21. The number of nitrogens with zero attached hydrogens (tertiary/aromatic N) is 1. The maximum absolute atomic E-state index is 12.7. The fraction of sp³-hybridized carbons (Fsp3) is 0.263. The summed E-state index contributed by atoms with van der Waals surface area (Å²) in [4.78, 5) is 24.5. The Morgan fingerprint density at radius 3 is 2.44 bits per heavy atom. The van der Waals surface area contributed by atoms with E-state index in [2.05, 4.69) is 5.32 Å². The first kappa shape index (κ1) is 20.4. The molecule has 0 aliphatic rings. The van der Waals surface area contributed by atoms with Crippen LogP contribution in [0.5, 0.6) is 0 Å². The summed E-state index contributed by atoms with van der Waals surface area (Å²) >= 11 is 0. The van der Waals surface area contributed by atoms with Crippen LogP contribution in [0.4, 0.5) is 11.4 Å². The number of hydrogen-bond donors (Lipinski definition) is 1. The predicted molar refractivity (Wildman–Crippen MR) is 105 cm³/mol. The zero-order valence-corrected chi connectivity index (χ0v) is 16.5. The van der Waals surface area contributed by atoms with Crippen molar-refractivity contribution in [3.8, 4) is 0 Å². The second-order valence-corrected chi connectivity index (χ2v) is 7.95. The summed E-state index contributed by atoms with van der Waals surface area (Å²) in [6, 6.07) is 11.3. The van der Waals surface area contributed by atoms with Crippen LogP contribution in [0.1, 0.15) is 33.2 Å². The average molecular weight is 390 g/mol. The van der Waals surface area contributed by atoms with Gasteiger partial charge in [-0.3, -0.25) is 9.10 Å². The molecule has 0 spiro atoms. The fourth-order valence-corrected chi connectivity index (χ4v) is 3.08. The van der Waals surface area contributed by atoms with Crippen molar-refractivity contribution in [3.63, 3.8) is 0 Å². The number of benzene rings is 2. The van der Waals surface area contributed by atoms with Crippen LogP contribution in [0.15, 0.2) is 42.5 Å². The number of anilines is 2. The first-order chi connectivity index (χ1) is 12.6. The molecule has 2 rings (SSSR count). The highest BCUT2D eigenvalue weighted by atomic mass is 32.2. The van der Waals surface area contributed by atoms with E-state index >= 15 is 0 Å². The van der Waals surface area contributed by atoms with Crippen molar-refractivity contribution >= 4 is 33.3 Å². The Bertz CT molecular complexity index is 970. The number of amides is 1. The van der Waals surface area contributed by atoms with E-state index in [4.69, 9.17) is 4.74 Å². The van der Waals surface area contributed by atoms with Gasteiger partial charge in [0.2, 0.25) is 10.0 Å². The summed E-state index contributed by atoms with van der Waals surface area (Å²) in [7, 11) is -2.02. The van der Waals surface area contributed by atoms with Gasteiger partial charge in [0.05, 0.1) is 24.1 Å². The Kier molecular flexibility index (Phi) is 6.22. The van der Waals surface area contributed by atoms with Crippen LogP contribution in [0.25, 0.3) is 0 Å². The molecule has 2 aromatic rings. The second kappa shape index (κ2) is 8.22. The number of carbonyl (C=O) groups is 2. The van der Waals surface area contributed by atoms with Gasteiger partial charge in [0.25, 0.3) is 5.91 Å². The Hall–Kier alpha value is -2.87. The molecule has 0 atom stereocenters. The van der Waals surface area contributed by atoms with Crippen molar-refractivity contribution in [2.45, 2.75) is 13.8 Å². The van der Waals surface area contributed by atoms with Gasteiger partial charge >= 0.3 is 5.97 Å². The summed E-state index contributed by atoms with van der Waals surface area (Å²) in [5, 5.41) is 2.73. The van der Waals surface area contributed by atoms with Gasteiger partial charge < -0.3 is 10.1 Å². The first-order valence-corrected chi connectivity index (χ1v) is 10.1. The summed E-state index contributed by atoms with van der Waals surface area (Å²) in [6.45, 7) is 3.66. The molecule has 0 aromatic heterocycles. The number of ether oxygens (including phenoxy) is 1.